The SMILES string of the molecule is C=CCN(C(=O)C(Cc1ccccc1)NC(=O)OC(C)(C)C)C(C(=O)Nc1ccccc1C)c1cc(C)cc(C)c1. The number of hydrogen-bond donors (Lipinski definition) is 2. The summed E-state index contributed by atoms with van der Waals surface area (Å²) < 4.78 is 5.49. The molecule has 0 bridgehead atoms. The van der Waals surface area contributed by atoms with E-state index in [1.54, 1.807) is 26.8 Å². The van der Waals surface area contributed by atoms with Crippen LogP contribution in [0.2, 0.25) is 0 Å². The van der Waals surface area contributed by atoms with Crippen molar-refractivity contribution in [2.24, 2.45) is 0 Å². The molecule has 0 saturated heterocycles. The van der Waals surface area contributed by atoms with Crippen LogP contribution in [-0.2, 0) is 20.7 Å². The van der Waals surface area contributed by atoms with E-state index in [0.717, 1.165) is 22.3 Å². The number of carbonyl (C=O) groups is 3. The highest BCUT2D eigenvalue weighted by molar-refractivity contribution is 5.99. The summed E-state index contributed by atoms with van der Waals surface area (Å²) in [5, 5.41) is 5.79. The van der Waals surface area contributed by atoms with Gasteiger partial charge in [-0.3, -0.25) is 9.59 Å². The Morgan fingerprint density at radius 3 is 2.12 bits per heavy atom. The van der Waals surface area contributed by atoms with Crippen LogP contribution in [-0.4, -0.2) is 41.0 Å². The first kappa shape index (κ1) is 31.1. The van der Waals surface area contributed by atoms with Crippen molar-refractivity contribution in [3.8, 4) is 0 Å². The van der Waals surface area contributed by atoms with Gasteiger partial charge in [-0.1, -0.05) is 83.9 Å². The third-order valence-electron chi connectivity index (χ3n) is 6.40. The maximum atomic E-state index is 14.4. The van der Waals surface area contributed by atoms with Crippen molar-refractivity contribution >= 4 is 23.6 Å². The molecule has 3 aromatic rings. The fraction of sp³-hybridized carbons (Fsp3) is 0.324. The molecule has 2 N–H and O–H groups in total. The number of aryl methyl sites for hydroxylation is 3. The van der Waals surface area contributed by atoms with Gasteiger partial charge in [-0.05, 0) is 64.3 Å². The number of para-hydroxylation sites is 1. The van der Waals surface area contributed by atoms with Crippen LogP contribution in [0.5, 0.6) is 0 Å². The Morgan fingerprint density at radius 2 is 1.54 bits per heavy atom. The second-order valence-corrected chi connectivity index (χ2v) is 11.3. The minimum Gasteiger partial charge on any atom is -0.444 e. The van der Waals surface area contributed by atoms with Gasteiger partial charge in [-0.2, -0.15) is 0 Å². The number of rotatable bonds is 10. The van der Waals surface area contributed by atoms with Crippen molar-refractivity contribution in [3.05, 3.63) is 113 Å². The van der Waals surface area contributed by atoms with E-state index in [9.17, 15) is 14.4 Å². The number of anilines is 1. The van der Waals surface area contributed by atoms with Gasteiger partial charge in [0.2, 0.25) is 5.91 Å². The average molecular weight is 556 g/mol. The second-order valence-electron chi connectivity index (χ2n) is 11.3. The van der Waals surface area contributed by atoms with Crippen molar-refractivity contribution in [1.29, 1.82) is 0 Å². The minimum absolute atomic E-state index is 0.0823. The van der Waals surface area contributed by atoms with E-state index >= 15 is 0 Å². The van der Waals surface area contributed by atoms with Crippen molar-refractivity contribution in [2.75, 3.05) is 11.9 Å². The van der Waals surface area contributed by atoms with Crippen LogP contribution in [0.1, 0.15) is 54.6 Å². The molecule has 0 spiro atoms. The largest absolute Gasteiger partial charge is 0.444 e. The molecule has 2 unspecified atom stereocenters. The van der Waals surface area contributed by atoms with Crippen molar-refractivity contribution in [1.82, 2.24) is 10.2 Å². The Kier molecular flexibility index (Phi) is 10.5. The van der Waals surface area contributed by atoms with E-state index < -0.39 is 29.7 Å². The maximum absolute atomic E-state index is 14.4. The van der Waals surface area contributed by atoms with E-state index in [-0.39, 0.29) is 18.9 Å². The Hall–Kier alpha value is -4.39. The van der Waals surface area contributed by atoms with Gasteiger partial charge in [0, 0.05) is 18.7 Å². The predicted molar refractivity (Wildman–Crippen MR) is 164 cm³/mol. The van der Waals surface area contributed by atoms with Gasteiger partial charge in [-0.25, -0.2) is 4.79 Å². The molecule has 2 atom stereocenters. The third-order valence-corrected chi connectivity index (χ3v) is 6.40. The number of carbonyl (C=O) groups excluding carboxylic acids is 3. The normalized spacial score (nSPS) is 12.5. The molecule has 0 radical (unpaired) electrons. The fourth-order valence-electron chi connectivity index (χ4n) is 4.72. The molecule has 0 fully saturated rings. The highest BCUT2D eigenvalue weighted by atomic mass is 16.6. The first-order valence-electron chi connectivity index (χ1n) is 13.8. The molecule has 0 aliphatic rings. The quantitative estimate of drug-likeness (QED) is 0.282. The van der Waals surface area contributed by atoms with E-state index in [2.05, 4.69) is 17.2 Å². The lowest BCUT2D eigenvalue weighted by Crippen LogP contribution is -2.53. The number of alkyl carbamates (subject to hydrolysis) is 1. The molecule has 7 heteroatoms. The third kappa shape index (κ3) is 9.07. The van der Waals surface area contributed by atoms with Gasteiger partial charge in [0.1, 0.15) is 17.7 Å². The number of nitrogens with zero attached hydrogens (tertiary/aromatic N) is 1. The zero-order chi connectivity index (χ0) is 30.2. The second kappa shape index (κ2) is 13.8. The van der Waals surface area contributed by atoms with Gasteiger partial charge < -0.3 is 20.3 Å². The number of nitrogens with one attached hydrogen (secondary N) is 2. The molecule has 216 valence electrons. The van der Waals surface area contributed by atoms with Crippen LogP contribution in [0.25, 0.3) is 0 Å². The maximum Gasteiger partial charge on any atom is 0.408 e. The Labute approximate surface area is 243 Å². The Morgan fingerprint density at radius 1 is 0.927 bits per heavy atom. The predicted octanol–water partition coefficient (Wildman–Crippen LogP) is 6.44. The molecule has 0 aliphatic carbocycles. The van der Waals surface area contributed by atoms with Gasteiger partial charge in [-0.15, -0.1) is 6.58 Å². The average Bonchev–Trinajstić information content (AvgIpc) is 2.88. The smallest absolute Gasteiger partial charge is 0.408 e. The van der Waals surface area contributed by atoms with Crippen molar-refractivity contribution in [3.63, 3.8) is 0 Å². The topological polar surface area (TPSA) is 87.7 Å². The zero-order valence-electron chi connectivity index (χ0n) is 24.9. The standard InChI is InChI=1S/C34H41N3O4/c1-8-18-37(32(39)29(22-26-15-10-9-11-16-26)36-33(40)41-34(5,6)7)30(27-20-23(2)19-24(3)21-27)31(38)35-28-17-13-12-14-25(28)4/h8-17,19-21,29-30H,1,18,22H2,2-7H3,(H,35,38)(H,36,40). The van der Waals surface area contributed by atoms with Crippen LogP contribution in [0.3, 0.4) is 0 Å². The van der Waals surface area contributed by atoms with Gasteiger partial charge >= 0.3 is 6.09 Å². The molecule has 3 amide bonds. The minimum atomic E-state index is -0.994. The molecule has 0 aromatic heterocycles. The molecule has 0 saturated carbocycles. The van der Waals surface area contributed by atoms with Gasteiger partial charge in [0.25, 0.3) is 5.91 Å². The molecule has 41 heavy (non-hydrogen) atoms. The Bertz CT molecular complexity index is 1360. The molecule has 0 aliphatic heterocycles. The van der Waals surface area contributed by atoms with Crippen molar-refractivity contribution in [2.45, 2.75) is 65.6 Å². The van der Waals surface area contributed by atoms with Gasteiger partial charge in [0.15, 0.2) is 0 Å². The summed E-state index contributed by atoms with van der Waals surface area (Å²) in [6.07, 6.45) is 1.09. The highest BCUT2D eigenvalue weighted by Crippen LogP contribution is 2.27. The lowest BCUT2D eigenvalue weighted by Gasteiger charge is -2.34. The summed E-state index contributed by atoms with van der Waals surface area (Å²) in [4.78, 5) is 42.8. The summed E-state index contributed by atoms with van der Waals surface area (Å²) in [5.74, 6) is -0.793. The summed E-state index contributed by atoms with van der Waals surface area (Å²) in [7, 11) is 0. The highest BCUT2D eigenvalue weighted by Gasteiger charge is 2.36. The van der Waals surface area contributed by atoms with Gasteiger partial charge in [0.05, 0.1) is 0 Å². The summed E-state index contributed by atoms with van der Waals surface area (Å²) in [6, 6.07) is 20.8. The lowest BCUT2D eigenvalue weighted by molar-refractivity contribution is -0.140. The van der Waals surface area contributed by atoms with E-state index in [1.807, 2.05) is 93.6 Å². The van der Waals surface area contributed by atoms with Crippen LogP contribution in [0, 0.1) is 20.8 Å². The van der Waals surface area contributed by atoms with E-state index in [1.165, 1.54) is 4.90 Å². The monoisotopic (exact) mass is 555 g/mol. The lowest BCUT2D eigenvalue weighted by atomic mass is 9.97. The van der Waals surface area contributed by atoms with E-state index in [4.69, 9.17) is 4.74 Å². The molecular formula is C34H41N3O4. The molecular weight excluding hydrogens is 514 g/mol. The van der Waals surface area contributed by atoms with Crippen LogP contribution in [0.4, 0.5) is 10.5 Å². The van der Waals surface area contributed by atoms with Crippen molar-refractivity contribution < 1.29 is 19.1 Å². The Balaban J connectivity index is 2.08. The molecule has 7 nitrogen and oxygen atoms in total. The number of hydrogen-bond acceptors (Lipinski definition) is 4. The fourth-order valence-corrected chi connectivity index (χ4v) is 4.72. The molecule has 3 rings (SSSR count). The molecule has 3 aromatic carbocycles. The number of amides is 3. The number of ether oxygens (including phenoxy) is 1. The summed E-state index contributed by atoms with van der Waals surface area (Å²) in [5.41, 5.74) is 4.26. The number of benzene rings is 3. The summed E-state index contributed by atoms with van der Waals surface area (Å²) >= 11 is 0. The van der Waals surface area contributed by atoms with E-state index in [0.29, 0.717) is 11.3 Å². The zero-order valence-corrected chi connectivity index (χ0v) is 24.9. The van der Waals surface area contributed by atoms with Crippen LogP contribution < -0.4 is 10.6 Å². The summed E-state index contributed by atoms with van der Waals surface area (Å²) in [6.45, 7) is 15.0. The van der Waals surface area contributed by atoms with Crippen LogP contribution >= 0.6 is 0 Å². The molecule has 0 heterocycles. The first-order chi connectivity index (χ1) is 19.4. The first-order valence-corrected chi connectivity index (χ1v) is 13.8. The van der Waals surface area contributed by atoms with Crippen LogP contribution in [0.15, 0.2) is 85.5 Å².